The highest BCUT2D eigenvalue weighted by Gasteiger charge is 2.20. The largest absolute Gasteiger partial charge is 0.370 e. The molecule has 0 aliphatic carbocycles. The Hall–Kier alpha value is -2.11. The number of aliphatic imine (C=N–C) groups is 1. The Balaban J connectivity index is 0.00000243. The normalized spacial score (nSPS) is 15.0. The fraction of sp³-hybridized carbons (Fsp3) is 0.500. The lowest BCUT2D eigenvalue weighted by atomic mass is 10.3. The molecule has 2 aromatic rings. The van der Waals surface area contributed by atoms with Crippen molar-refractivity contribution in [3.05, 3.63) is 30.4 Å². The van der Waals surface area contributed by atoms with Gasteiger partial charge < -0.3 is 25.0 Å². The van der Waals surface area contributed by atoms with Crippen LogP contribution in [-0.4, -0.2) is 70.7 Å². The second-order valence-electron chi connectivity index (χ2n) is 6.20. The molecule has 26 heavy (non-hydrogen) atoms. The molecule has 142 valence electrons. The first-order chi connectivity index (χ1) is 12.1. The van der Waals surface area contributed by atoms with E-state index < -0.39 is 0 Å². The number of hydrogen-bond donors (Lipinski definition) is 1. The molecule has 3 heterocycles. The SMILES string of the molecule is CN(C)c1ncc(CN=C(N)N2CCN(c3ncccn3)CC2)n1C.I. The Morgan fingerprint density at radius 3 is 2.38 bits per heavy atom. The van der Waals surface area contributed by atoms with Crippen molar-refractivity contribution in [2.75, 3.05) is 50.1 Å². The zero-order chi connectivity index (χ0) is 17.8. The minimum Gasteiger partial charge on any atom is -0.370 e. The van der Waals surface area contributed by atoms with E-state index in [2.05, 4.69) is 29.7 Å². The van der Waals surface area contributed by atoms with Gasteiger partial charge in [0.05, 0.1) is 18.4 Å². The van der Waals surface area contributed by atoms with E-state index in [0.717, 1.165) is 43.8 Å². The van der Waals surface area contributed by atoms with Crippen LogP contribution in [0, 0.1) is 0 Å². The summed E-state index contributed by atoms with van der Waals surface area (Å²) in [5.41, 5.74) is 7.21. The van der Waals surface area contributed by atoms with Crippen molar-refractivity contribution in [1.82, 2.24) is 24.4 Å². The van der Waals surface area contributed by atoms with Crippen molar-refractivity contribution in [3.63, 3.8) is 0 Å². The summed E-state index contributed by atoms with van der Waals surface area (Å²) < 4.78 is 2.03. The third-order valence-electron chi connectivity index (χ3n) is 4.30. The van der Waals surface area contributed by atoms with Crippen molar-refractivity contribution in [1.29, 1.82) is 0 Å². The predicted octanol–water partition coefficient (Wildman–Crippen LogP) is 0.531. The smallest absolute Gasteiger partial charge is 0.225 e. The number of anilines is 2. The van der Waals surface area contributed by atoms with E-state index in [0.29, 0.717) is 12.5 Å². The van der Waals surface area contributed by atoms with Gasteiger partial charge in [-0.3, -0.25) is 0 Å². The summed E-state index contributed by atoms with van der Waals surface area (Å²) in [5.74, 6) is 2.24. The Kier molecular flexibility index (Phi) is 7.00. The molecule has 1 saturated heterocycles. The van der Waals surface area contributed by atoms with Crippen molar-refractivity contribution < 1.29 is 0 Å². The van der Waals surface area contributed by atoms with Crippen LogP contribution in [0.1, 0.15) is 5.69 Å². The summed E-state index contributed by atoms with van der Waals surface area (Å²) in [6, 6.07) is 1.82. The second-order valence-corrected chi connectivity index (χ2v) is 6.20. The number of halogens is 1. The van der Waals surface area contributed by atoms with Crippen LogP contribution in [-0.2, 0) is 13.6 Å². The number of imidazole rings is 1. The first-order valence-corrected chi connectivity index (χ1v) is 8.31. The highest BCUT2D eigenvalue weighted by atomic mass is 127. The first kappa shape index (κ1) is 20.2. The van der Waals surface area contributed by atoms with Crippen molar-refractivity contribution in [2.24, 2.45) is 17.8 Å². The zero-order valence-electron chi connectivity index (χ0n) is 15.4. The van der Waals surface area contributed by atoms with Gasteiger partial charge in [0.1, 0.15) is 0 Å². The average molecular weight is 471 g/mol. The molecule has 2 aromatic heterocycles. The Morgan fingerprint density at radius 2 is 1.81 bits per heavy atom. The molecule has 0 radical (unpaired) electrons. The number of piperazine rings is 1. The molecular formula is C16H26IN9. The number of guanidine groups is 1. The standard InChI is InChI=1S/C16H25N9.HI/c1-22(2)16-21-12-13(23(16)3)11-20-14(17)24-7-9-25(10-8-24)15-18-5-4-6-19-15;/h4-6,12H,7-11H2,1-3H3,(H2,17,20);1H. The van der Waals surface area contributed by atoms with E-state index in [4.69, 9.17) is 5.73 Å². The van der Waals surface area contributed by atoms with E-state index in [9.17, 15) is 0 Å². The summed E-state index contributed by atoms with van der Waals surface area (Å²) >= 11 is 0. The van der Waals surface area contributed by atoms with Gasteiger partial charge in [-0.2, -0.15) is 0 Å². The van der Waals surface area contributed by atoms with Crippen molar-refractivity contribution >= 4 is 41.8 Å². The van der Waals surface area contributed by atoms with E-state index in [1.165, 1.54) is 0 Å². The molecule has 0 amide bonds. The van der Waals surface area contributed by atoms with E-state index in [1.54, 1.807) is 12.4 Å². The maximum Gasteiger partial charge on any atom is 0.225 e. The Morgan fingerprint density at radius 1 is 1.15 bits per heavy atom. The zero-order valence-corrected chi connectivity index (χ0v) is 17.7. The highest BCUT2D eigenvalue weighted by Crippen LogP contribution is 2.13. The van der Waals surface area contributed by atoms with Gasteiger partial charge in [0, 0.05) is 59.7 Å². The van der Waals surface area contributed by atoms with Crippen LogP contribution in [0.15, 0.2) is 29.6 Å². The summed E-state index contributed by atoms with van der Waals surface area (Å²) in [5, 5.41) is 0. The van der Waals surface area contributed by atoms with Gasteiger partial charge in [0.15, 0.2) is 5.96 Å². The minimum atomic E-state index is 0. The van der Waals surface area contributed by atoms with Crippen LogP contribution in [0.5, 0.6) is 0 Å². The molecule has 1 aliphatic rings. The number of nitrogens with zero attached hydrogens (tertiary/aromatic N) is 8. The fourth-order valence-corrected chi connectivity index (χ4v) is 2.85. The maximum atomic E-state index is 6.18. The van der Waals surface area contributed by atoms with E-state index in [1.807, 2.05) is 42.9 Å². The third kappa shape index (κ3) is 4.54. The van der Waals surface area contributed by atoms with Gasteiger partial charge in [0.25, 0.3) is 0 Å². The van der Waals surface area contributed by atoms with Crippen LogP contribution in [0.4, 0.5) is 11.9 Å². The van der Waals surface area contributed by atoms with Crippen LogP contribution in [0.2, 0.25) is 0 Å². The lowest BCUT2D eigenvalue weighted by molar-refractivity contribution is 0.378. The summed E-state index contributed by atoms with van der Waals surface area (Å²) in [4.78, 5) is 23.8. The Labute approximate surface area is 171 Å². The van der Waals surface area contributed by atoms with Gasteiger partial charge in [0.2, 0.25) is 11.9 Å². The summed E-state index contributed by atoms with van der Waals surface area (Å²) in [6.07, 6.45) is 5.37. The summed E-state index contributed by atoms with van der Waals surface area (Å²) in [6.45, 7) is 3.79. The monoisotopic (exact) mass is 471 g/mol. The van der Waals surface area contributed by atoms with Gasteiger partial charge in [-0.05, 0) is 6.07 Å². The lowest BCUT2D eigenvalue weighted by Crippen LogP contribution is -2.51. The fourth-order valence-electron chi connectivity index (χ4n) is 2.85. The molecule has 9 nitrogen and oxygen atoms in total. The molecule has 0 aromatic carbocycles. The number of aromatic nitrogens is 4. The molecular weight excluding hydrogens is 445 g/mol. The topological polar surface area (TPSA) is 91.7 Å². The van der Waals surface area contributed by atoms with Gasteiger partial charge in [-0.1, -0.05) is 0 Å². The first-order valence-electron chi connectivity index (χ1n) is 8.31. The molecule has 1 aliphatic heterocycles. The van der Waals surface area contributed by atoms with E-state index in [-0.39, 0.29) is 24.0 Å². The number of nitrogens with two attached hydrogens (primary N) is 1. The average Bonchev–Trinajstić information content (AvgIpc) is 3.01. The van der Waals surface area contributed by atoms with Crippen LogP contribution in [0.25, 0.3) is 0 Å². The van der Waals surface area contributed by atoms with Crippen molar-refractivity contribution in [2.45, 2.75) is 6.54 Å². The minimum absolute atomic E-state index is 0. The highest BCUT2D eigenvalue weighted by molar-refractivity contribution is 14.0. The lowest BCUT2D eigenvalue weighted by Gasteiger charge is -2.35. The molecule has 0 bridgehead atoms. The molecule has 10 heteroatoms. The maximum absolute atomic E-state index is 6.18. The molecule has 3 rings (SSSR count). The second kappa shape index (κ2) is 9.01. The quantitative estimate of drug-likeness (QED) is 0.395. The van der Waals surface area contributed by atoms with Crippen LogP contribution in [0.3, 0.4) is 0 Å². The molecule has 0 spiro atoms. The van der Waals surface area contributed by atoms with Crippen molar-refractivity contribution in [3.8, 4) is 0 Å². The molecule has 0 unspecified atom stereocenters. The van der Waals surface area contributed by atoms with Gasteiger partial charge in [-0.25, -0.2) is 19.9 Å². The van der Waals surface area contributed by atoms with Gasteiger partial charge in [-0.15, -0.1) is 24.0 Å². The van der Waals surface area contributed by atoms with Crippen LogP contribution >= 0.6 is 24.0 Å². The van der Waals surface area contributed by atoms with Crippen LogP contribution < -0.4 is 15.5 Å². The molecule has 0 atom stereocenters. The molecule has 0 saturated carbocycles. The summed E-state index contributed by atoms with van der Waals surface area (Å²) in [7, 11) is 5.93. The molecule has 2 N–H and O–H groups in total. The number of hydrogen-bond acceptors (Lipinski definition) is 6. The Bertz CT molecular complexity index is 721. The predicted molar refractivity (Wildman–Crippen MR) is 114 cm³/mol. The van der Waals surface area contributed by atoms with Gasteiger partial charge >= 0.3 is 0 Å². The number of rotatable bonds is 4. The third-order valence-corrected chi connectivity index (χ3v) is 4.30. The molecule has 1 fully saturated rings. The van der Waals surface area contributed by atoms with E-state index >= 15 is 0 Å².